The summed E-state index contributed by atoms with van der Waals surface area (Å²) in [5.74, 6) is 0. The SMILES string of the molecule is c1ccc(-n2nc3cc(-c4c5ccccc5cc5oc6ccccc6c45)cc(-c4cccc5c4oc4ccccc45)c3n2)cc1. The van der Waals surface area contributed by atoms with Gasteiger partial charge in [0.25, 0.3) is 0 Å². The molecule has 0 spiro atoms. The van der Waals surface area contributed by atoms with Crippen molar-refractivity contribution in [1.29, 1.82) is 0 Å². The number of aromatic nitrogens is 3. The zero-order chi connectivity index (χ0) is 29.5. The maximum Gasteiger partial charge on any atom is 0.143 e. The Balaban J connectivity index is 1.36. The van der Waals surface area contributed by atoms with Gasteiger partial charge in [0, 0.05) is 38.2 Å². The molecule has 0 saturated heterocycles. The lowest BCUT2D eigenvalue weighted by Crippen LogP contribution is -1.97. The zero-order valence-electron chi connectivity index (χ0n) is 23.9. The fourth-order valence-corrected chi connectivity index (χ4v) is 6.86. The van der Waals surface area contributed by atoms with Crippen molar-refractivity contribution in [3.63, 3.8) is 0 Å². The number of fused-ring (bicyclic) bond motifs is 8. The molecule has 7 aromatic carbocycles. The summed E-state index contributed by atoms with van der Waals surface area (Å²) in [5, 5.41) is 16.7. The molecule has 3 heterocycles. The lowest BCUT2D eigenvalue weighted by molar-refractivity contribution is 0.669. The topological polar surface area (TPSA) is 57.0 Å². The van der Waals surface area contributed by atoms with Gasteiger partial charge in [0.1, 0.15) is 33.4 Å². The second-order valence-electron chi connectivity index (χ2n) is 11.4. The van der Waals surface area contributed by atoms with Gasteiger partial charge in [-0.3, -0.25) is 0 Å². The minimum Gasteiger partial charge on any atom is -0.456 e. The van der Waals surface area contributed by atoms with E-state index >= 15 is 0 Å². The van der Waals surface area contributed by atoms with Gasteiger partial charge in [0.2, 0.25) is 0 Å². The highest BCUT2D eigenvalue weighted by Gasteiger charge is 2.22. The Bertz CT molecular complexity index is 2770. The van der Waals surface area contributed by atoms with E-state index < -0.39 is 0 Å². The first-order chi connectivity index (χ1) is 22.3. The van der Waals surface area contributed by atoms with Gasteiger partial charge in [-0.25, -0.2) is 0 Å². The monoisotopic (exact) mass is 577 g/mol. The lowest BCUT2D eigenvalue weighted by Gasteiger charge is -2.12. The maximum atomic E-state index is 6.54. The molecule has 0 unspecified atom stereocenters. The molecule has 0 aliphatic rings. The van der Waals surface area contributed by atoms with E-state index in [1.165, 1.54) is 0 Å². The number of nitrogens with zero attached hydrogens (tertiary/aromatic N) is 3. The van der Waals surface area contributed by atoms with Gasteiger partial charge < -0.3 is 8.83 Å². The van der Waals surface area contributed by atoms with Crippen molar-refractivity contribution in [2.45, 2.75) is 0 Å². The summed E-state index contributed by atoms with van der Waals surface area (Å²) in [6, 6.07) is 47.9. The Labute approximate surface area is 256 Å². The summed E-state index contributed by atoms with van der Waals surface area (Å²) in [6.07, 6.45) is 0. The smallest absolute Gasteiger partial charge is 0.143 e. The normalized spacial score (nSPS) is 12.0. The summed E-state index contributed by atoms with van der Waals surface area (Å²) in [5.41, 5.74) is 10.0. The number of furan rings is 2. The molecular weight excluding hydrogens is 554 g/mol. The first kappa shape index (κ1) is 24.3. The van der Waals surface area contributed by atoms with Gasteiger partial charge in [-0.05, 0) is 58.8 Å². The van der Waals surface area contributed by atoms with Gasteiger partial charge >= 0.3 is 0 Å². The number of para-hydroxylation sites is 4. The molecule has 5 heteroatoms. The molecule has 0 radical (unpaired) electrons. The van der Waals surface area contributed by atoms with Crippen LogP contribution >= 0.6 is 0 Å². The third-order valence-electron chi connectivity index (χ3n) is 8.85. The molecule has 0 fully saturated rings. The van der Waals surface area contributed by atoms with E-state index in [2.05, 4.69) is 84.9 Å². The van der Waals surface area contributed by atoms with Crippen LogP contribution in [0.5, 0.6) is 0 Å². The molecule has 210 valence electrons. The van der Waals surface area contributed by atoms with Crippen molar-refractivity contribution in [2.75, 3.05) is 0 Å². The Hall–Kier alpha value is -6.20. The number of benzene rings is 7. The molecule has 10 aromatic rings. The summed E-state index contributed by atoms with van der Waals surface area (Å²) in [7, 11) is 0. The minimum atomic E-state index is 0.799. The molecule has 0 atom stereocenters. The Kier molecular flexibility index (Phi) is 4.93. The van der Waals surface area contributed by atoms with Crippen LogP contribution in [0.15, 0.2) is 148 Å². The van der Waals surface area contributed by atoms with Crippen LogP contribution in [0.3, 0.4) is 0 Å². The van der Waals surface area contributed by atoms with E-state index in [4.69, 9.17) is 19.0 Å². The maximum absolute atomic E-state index is 6.54. The summed E-state index contributed by atoms with van der Waals surface area (Å²) in [6.45, 7) is 0. The highest BCUT2D eigenvalue weighted by molar-refractivity contribution is 6.21. The van der Waals surface area contributed by atoms with Crippen LogP contribution in [0.25, 0.3) is 93.6 Å². The van der Waals surface area contributed by atoms with Crippen LogP contribution in [0.4, 0.5) is 0 Å². The first-order valence-corrected chi connectivity index (χ1v) is 15.0. The third kappa shape index (κ3) is 3.55. The summed E-state index contributed by atoms with van der Waals surface area (Å²) < 4.78 is 13.0. The van der Waals surface area contributed by atoms with Gasteiger partial charge in [0.15, 0.2) is 0 Å². The van der Waals surface area contributed by atoms with Crippen LogP contribution in [0.1, 0.15) is 0 Å². The first-order valence-electron chi connectivity index (χ1n) is 15.0. The fourth-order valence-electron chi connectivity index (χ4n) is 6.86. The highest BCUT2D eigenvalue weighted by Crippen LogP contribution is 2.45. The van der Waals surface area contributed by atoms with Crippen molar-refractivity contribution in [1.82, 2.24) is 15.0 Å². The molecule has 0 aliphatic carbocycles. The molecule has 5 nitrogen and oxygen atoms in total. The number of hydrogen-bond donors (Lipinski definition) is 0. The minimum absolute atomic E-state index is 0.799. The van der Waals surface area contributed by atoms with Crippen LogP contribution in [0.2, 0.25) is 0 Å². The largest absolute Gasteiger partial charge is 0.456 e. The van der Waals surface area contributed by atoms with E-state index in [9.17, 15) is 0 Å². The van der Waals surface area contributed by atoms with Crippen molar-refractivity contribution in [2.24, 2.45) is 0 Å². The standard InChI is InChI=1S/C40H23N3O2/c1-2-12-26(13-3-1)43-41-33-22-25(37-27-14-5-4-11-24(27)23-36-38(37)31-16-7-9-20-35(31)44-36)21-32(39(33)42-43)30-18-10-17-29-28-15-6-8-19-34(28)45-40(29)30/h1-23H. The van der Waals surface area contributed by atoms with Gasteiger partial charge in [-0.1, -0.05) is 97.1 Å². The zero-order valence-corrected chi connectivity index (χ0v) is 23.9. The quantitative estimate of drug-likeness (QED) is 0.210. The predicted molar refractivity (Wildman–Crippen MR) is 182 cm³/mol. The summed E-state index contributed by atoms with van der Waals surface area (Å²) >= 11 is 0. The molecule has 0 saturated carbocycles. The van der Waals surface area contributed by atoms with Crippen LogP contribution in [-0.2, 0) is 0 Å². The van der Waals surface area contributed by atoms with Crippen LogP contribution in [-0.4, -0.2) is 15.0 Å². The van der Waals surface area contributed by atoms with Crippen molar-refractivity contribution < 1.29 is 8.83 Å². The van der Waals surface area contributed by atoms with Gasteiger partial charge in [-0.15, -0.1) is 10.2 Å². The molecule has 0 amide bonds. The molecule has 0 N–H and O–H groups in total. The second kappa shape index (κ2) is 9.15. The van der Waals surface area contributed by atoms with E-state index in [0.29, 0.717) is 0 Å². The average molecular weight is 578 g/mol. The summed E-state index contributed by atoms with van der Waals surface area (Å²) in [4.78, 5) is 1.72. The highest BCUT2D eigenvalue weighted by atomic mass is 16.3. The van der Waals surface area contributed by atoms with E-state index in [1.807, 2.05) is 54.6 Å². The Morgan fingerprint density at radius 1 is 0.489 bits per heavy atom. The number of hydrogen-bond acceptors (Lipinski definition) is 4. The Morgan fingerprint density at radius 2 is 1.20 bits per heavy atom. The van der Waals surface area contributed by atoms with Crippen molar-refractivity contribution in [3.8, 4) is 27.9 Å². The lowest BCUT2D eigenvalue weighted by atomic mass is 9.90. The number of rotatable bonds is 3. The molecule has 0 aliphatic heterocycles. The average Bonchev–Trinajstić information content (AvgIpc) is 3.80. The van der Waals surface area contributed by atoms with Crippen molar-refractivity contribution in [3.05, 3.63) is 140 Å². The molecule has 45 heavy (non-hydrogen) atoms. The van der Waals surface area contributed by atoms with Crippen LogP contribution < -0.4 is 0 Å². The van der Waals surface area contributed by atoms with Gasteiger partial charge in [-0.2, -0.15) is 4.80 Å². The van der Waals surface area contributed by atoms with E-state index in [-0.39, 0.29) is 0 Å². The van der Waals surface area contributed by atoms with Crippen molar-refractivity contribution >= 4 is 65.7 Å². The van der Waals surface area contributed by atoms with E-state index in [1.54, 1.807) is 4.80 Å². The third-order valence-corrected chi connectivity index (χ3v) is 8.85. The predicted octanol–water partition coefficient (Wildman–Crippen LogP) is 10.7. The molecule has 10 rings (SSSR count). The molecule has 3 aromatic heterocycles. The van der Waals surface area contributed by atoms with Gasteiger partial charge in [0.05, 0.1) is 5.69 Å². The molecular formula is C40H23N3O2. The fraction of sp³-hybridized carbons (Fsp3) is 0. The second-order valence-corrected chi connectivity index (χ2v) is 11.4. The van der Waals surface area contributed by atoms with Crippen LogP contribution in [0, 0.1) is 0 Å². The Morgan fingerprint density at radius 3 is 2.07 bits per heavy atom. The van der Waals surface area contributed by atoms with E-state index in [0.717, 1.165) is 93.6 Å². The molecule has 0 bridgehead atoms.